The molecule has 1 aromatic heterocycles. The van der Waals surface area contributed by atoms with Crippen LogP contribution in [0.3, 0.4) is 0 Å². The molecule has 1 saturated carbocycles. The van der Waals surface area contributed by atoms with Crippen LogP contribution in [0, 0.1) is 0 Å². The van der Waals surface area contributed by atoms with Gasteiger partial charge in [0.1, 0.15) is 27.4 Å². The number of benzene rings is 1. The molecule has 2 aliphatic rings. The third-order valence-electron chi connectivity index (χ3n) is 4.85. The maximum atomic E-state index is 13.1. The minimum Gasteiger partial charge on any atom is -0.492 e. The second kappa shape index (κ2) is 7.85. The second-order valence-electron chi connectivity index (χ2n) is 7.04. The summed E-state index contributed by atoms with van der Waals surface area (Å²) in [6.45, 7) is 3.30. The monoisotopic (exact) mass is 422 g/mol. The predicted octanol–water partition coefficient (Wildman–Crippen LogP) is 3.93. The quantitative estimate of drug-likeness (QED) is 0.680. The Bertz CT molecular complexity index is 973. The minimum atomic E-state index is -3.62. The Morgan fingerprint density at radius 1 is 1.21 bits per heavy atom. The van der Waals surface area contributed by atoms with E-state index in [0.29, 0.717) is 48.0 Å². The van der Waals surface area contributed by atoms with Gasteiger partial charge < -0.3 is 10.1 Å². The summed E-state index contributed by atoms with van der Waals surface area (Å²) in [7, 11) is -3.62. The molecule has 0 amide bonds. The van der Waals surface area contributed by atoms with Gasteiger partial charge in [-0.2, -0.15) is 4.31 Å². The van der Waals surface area contributed by atoms with E-state index in [4.69, 9.17) is 16.3 Å². The molecule has 7 nitrogen and oxygen atoms in total. The molecule has 2 aromatic rings. The molecule has 0 atom stereocenters. The lowest BCUT2D eigenvalue weighted by Crippen LogP contribution is -2.28. The van der Waals surface area contributed by atoms with Crippen LogP contribution in [-0.2, 0) is 10.0 Å². The molecule has 0 spiro atoms. The number of nitrogens with one attached hydrogen (secondary N) is 1. The van der Waals surface area contributed by atoms with Gasteiger partial charge in [0.2, 0.25) is 10.0 Å². The highest BCUT2D eigenvalue weighted by Crippen LogP contribution is 2.39. The van der Waals surface area contributed by atoms with Crippen LogP contribution in [0.2, 0.25) is 5.15 Å². The lowest BCUT2D eigenvalue weighted by atomic mass is 10.3. The van der Waals surface area contributed by atoms with Crippen LogP contribution in [0.15, 0.2) is 29.2 Å². The number of ether oxygens (including phenoxy) is 1. The summed E-state index contributed by atoms with van der Waals surface area (Å²) in [5, 5.41) is 3.54. The van der Waals surface area contributed by atoms with Crippen LogP contribution in [-0.4, -0.2) is 42.4 Å². The summed E-state index contributed by atoms with van der Waals surface area (Å²) in [4.78, 5) is 8.97. The average Bonchev–Trinajstić information content (AvgIpc) is 3.36. The molecular formula is C19H23ClN4O3S. The lowest BCUT2D eigenvalue weighted by Gasteiger charge is -2.19. The van der Waals surface area contributed by atoms with Crippen molar-refractivity contribution in [3.63, 3.8) is 0 Å². The standard InChI is InChI=1S/C19H23ClN4O3S/c1-2-27-15-8-7-14(11-16(15)28(25,26)24-9-3-4-10-24)21-18-12-17(20)22-19(23-18)13-5-6-13/h7-8,11-13H,2-6,9-10H2,1H3,(H,21,22,23). The number of rotatable bonds is 7. The average molecular weight is 423 g/mol. The van der Waals surface area contributed by atoms with Gasteiger partial charge >= 0.3 is 0 Å². The smallest absolute Gasteiger partial charge is 0.246 e. The third-order valence-corrected chi connectivity index (χ3v) is 6.97. The molecular weight excluding hydrogens is 400 g/mol. The van der Waals surface area contributed by atoms with E-state index in [9.17, 15) is 8.42 Å². The van der Waals surface area contributed by atoms with Gasteiger partial charge in [-0.05, 0) is 50.8 Å². The van der Waals surface area contributed by atoms with E-state index in [-0.39, 0.29) is 4.90 Å². The van der Waals surface area contributed by atoms with Crippen molar-refractivity contribution >= 4 is 33.1 Å². The highest BCUT2D eigenvalue weighted by molar-refractivity contribution is 7.89. The number of hydrogen-bond acceptors (Lipinski definition) is 6. The van der Waals surface area contributed by atoms with Crippen molar-refractivity contribution < 1.29 is 13.2 Å². The van der Waals surface area contributed by atoms with E-state index in [1.807, 2.05) is 6.92 Å². The molecule has 1 saturated heterocycles. The van der Waals surface area contributed by atoms with E-state index in [1.54, 1.807) is 24.3 Å². The molecule has 2 heterocycles. The van der Waals surface area contributed by atoms with Gasteiger partial charge in [0.05, 0.1) is 6.61 Å². The van der Waals surface area contributed by atoms with E-state index in [0.717, 1.165) is 31.5 Å². The SMILES string of the molecule is CCOc1ccc(Nc2cc(Cl)nc(C3CC3)n2)cc1S(=O)(=O)N1CCCC1. The minimum absolute atomic E-state index is 0.170. The Hall–Kier alpha value is -1.90. The highest BCUT2D eigenvalue weighted by atomic mass is 35.5. The van der Waals surface area contributed by atoms with Gasteiger partial charge in [0.15, 0.2) is 0 Å². The van der Waals surface area contributed by atoms with Crippen LogP contribution in [0.5, 0.6) is 5.75 Å². The second-order valence-corrected chi connectivity index (χ2v) is 9.33. The van der Waals surface area contributed by atoms with E-state index >= 15 is 0 Å². The maximum Gasteiger partial charge on any atom is 0.246 e. The molecule has 1 aliphatic heterocycles. The van der Waals surface area contributed by atoms with Crippen molar-refractivity contribution in [2.75, 3.05) is 25.0 Å². The molecule has 4 rings (SSSR count). The molecule has 2 fully saturated rings. The summed E-state index contributed by atoms with van der Waals surface area (Å²) in [5.41, 5.74) is 0.609. The first-order valence-electron chi connectivity index (χ1n) is 9.56. The van der Waals surface area contributed by atoms with Gasteiger partial charge in [-0.15, -0.1) is 0 Å². The first-order valence-corrected chi connectivity index (χ1v) is 11.4. The van der Waals surface area contributed by atoms with Crippen molar-refractivity contribution in [1.82, 2.24) is 14.3 Å². The lowest BCUT2D eigenvalue weighted by molar-refractivity contribution is 0.330. The summed E-state index contributed by atoms with van der Waals surface area (Å²) in [5.74, 6) is 2.01. The van der Waals surface area contributed by atoms with E-state index in [2.05, 4.69) is 15.3 Å². The summed E-state index contributed by atoms with van der Waals surface area (Å²) < 4.78 is 33.3. The van der Waals surface area contributed by atoms with Crippen molar-refractivity contribution in [3.8, 4) is 5.75 Å². The Balaban J connectivity index is 1.67. The topological polar surface area (TPSA) is 84.4 Å². The fraction of sp³-hybridized carbons (Fsp3) is 0.474. The molecule has 1 N–H and O–H groups in total. The molecule has 1 aliphatic carbocycles. The van der Waals surface area contributed by atoms with Gasteiger partial charge in [-0.3, -0.25) is 0 Å². The largest absolute Gasteiger partial charge is 0.492 e. The van der Waals surface area contributed by atoms with Crippen LogP contribution in [0.4, 0.5) is 11.5 Å². The predicted molar refractivity (Wildman–Crippen MR) is 108 cm³/mol. The normalized spacial score (nSPS) is 17.6. The Morgan fingerprint density at radius 2 is 1.96 bits per heavy atom. The molecule has 0 bridgehead atoms. The molecule has 1 aromatic carbocycles. The number of halogens is 1. The first-order chi connectivity index (χ1) is 13.5. The summed E-state index contributed by atoms with van der Waals surface area (Å²) in [6.07, 6.45) is 3.90. The van der Waals surface area contributed by atoms with Crippen molar-refractivity contribution in [2.24, 2.45) is 0 Å². The van der Waals surface area contributed by atoms with Crippen molar-refractivity contribution in [3.05, 3.63) is 35.2 Å². The van der Waals surface area contributed by atoms with E-state index in [1.165, 1.54) is 4.31 Å². The Morgan fingerprint density at radius 3 is 2.64 bits per heavy atom. The number of nitrogens with zero attached hydrogens (tertiary/aromatic N) is 3. The third kappa shape index (κ3) is 4.09. The van der Waals surface area contributed by atoms with E-state index < -0.39 is 10.0 Å². The fourth-order valence-electron chi connectivity index (χ4n) is 3.30. The number of sulfonamides is 1. The summed E-state index contributed by atoms with van der Waals surface area (Å²) >= 11 is 6.13. The fourth-order valence-corrected chi connectivity index (χ4v) is 5.17. The zero-order valence-corrected chi connectivity index (χ0v) is 17.3. The van der Waals surface area contributed by atoms with Crippen LogP contribution >= 0.6 is 11.6 Å². The number of anilines is 2. The Labute approximate surface area is 170 Å². The zero-order valence-electron chi connectivity index (χ0n) is 15.7. The van der Waals surface area contributed by atoms with Gasteiger partial charge in [-0.25, -0.2) is 18.4 Å². The van der Waals surface area contributed by atoms with Crippen molar-refractivity contribution in [1.29, 1.82) is 0 Å². The molecule has 150 valence electrons. The molecule has 0 radical (unpaired) electrons. The highest BCUT2D eigenvalue weighted by Gasteiger charge is 2.30. The number of hydrogen-bond donors (Lipinski definition) is 1. The van der Waals surface area contributed by atoms with Gasteiger partial charge in [0.25, 0.3) is 0 Å². The van der Waals surface area contributed by atoms with Gasteiger partial charge in [0, 0.05) is 30.8 Å². The van der Waals surface area contributed by atoms with Crippen LogP contribution < -0.4 is 10.1 Å². The van der Waals surface area contributed by atoms with Crippen LogP contribution in [0.25, 0.3) is 0 Å². The van der Waals surface area contributed by atoms with Gasteiger partial charge in [-0.1, -0.05) is 11.6 Å². The first kappa shape index (κ1) is 19.4. The molecule has 28 heavy (non-hydrogen) atoms. The zero-order chi connectivity index (χ0) is 19.7. The number of aromatic nitrogens is 2. The summed E-state index contributed by atoms with van der Waals surface area (Å²) in [6, 6.07) is 6.70. The van der Waals surface area contributed by atoms with Crippen LogP contribution in [0.1, 0.15) is 44.3 Å². The Kier molecular flexibility index (Phi) is 5.44. The maximum absolute atomic E-state index is 13.1. The molecule has 0 unspecified atom stereocenters. The van der Waals surface area contributed by atoms with Crippen molar-refractivity contribution in [2.45, 2.75) is 43.4 Å². The molecule has 9 heteroatoms.